The number of aliphatic carboxylic acids is 1. The molecule has 2 rings (SSSR count). The van der Waals surface area contributed by atoms with E-state index in [1.54, 1.807) is 0 Å². The molecule has 1 saturated heterocycles. The first-order valence-electron chi connectivity index (χ1n) is 8.12. The molecule has 124 valence electrons. The molecule has 1 N–H and O–H groups in total. The van der Waals surface area contributed by atoms with E-state index >= 15 is 0 Å². The molecule has 2 aliphatic heterocycles. The van der Waals surface area contributed by atoms with Crippen LogP contribution in [-0.4, -0.2) is 47.5 Å². The van der Waals surface area contributed by atoms with Crippen LogP contribution >= 0.6 is 0 Å². The molecule has 2 heterocycles. The van der Waals surface area contributed by atoms with Gasteiger partial charge in [0.2, 0.25) is 0 Å². The topological polar surface area (TPSA) is 52.9 Å². The summed E-state index contributed by atoms with van der Waals surface area (Å²) in [6, 6.07) is -0.0486. The van der Waals surface area contributed by atoms with Crippen molar-refractivity contribution in [2.75, 3.05) is 19.8 Å². The number of alkyl halides is 1. The largest absolute Gasteiger partial charge is 0.481 e. The number of carboxylic acids is 1. The Morgan fingerprint density at radius 3 is 2.59 bits per heavy atom. The Morgan fingerprint density at radius 2 is 2.05 bits per heavy atom. The lowest BCUT2D eigenvalue weighted by Gasteiger charge is -2.41. The minimum Gasteiger partial charge on any atom is -0.481 e. The number of aliphatic imine (C=N–C) groups is 1. The first kappa shape index (κ1) is 17.0. The van der Waals surface area contributed by atoms with Crippen molar-refractivity contribution in [3.63, 3.8) is 0 Å². The van der Waals surface area contributed by atoms with Crippen LogP contribution in [0.3, 0.4) is 0 Å². The minimum absolute atomic E-state index is 0.00685. The Hall–Kier alpha value is -1.39. The normalized spacial score (nSPS) is 25.2. The van der Waals surface area contributed by atoms with Gasteiger partial charge in [-0.3, -0.25) is 14.2 Å². The van der Waals surface area contributed by atoms with E-state index in [1.165, 1.54) is 0 Å². The van der Waals surface area contributed by atoms with Crippen molar-refractivity contribution in [2.24, 2.45) is 10.4 Å². The smallest absolute Gasteiger partial charge is 0.307 e. The molecule has 0 amide bonds. The summed E-state index contributed by atoms with van der Waals surface area (Å²) >= 11 is 0. The second-order valence-corrected chi connectivity index (χ2v) is 7.20. The first-order chi connectivity index (χ1) is 10.3. The highest BCUT2D eigenvalue weighted by molar-refractivity contribution is 6.02. The van der Waals surface area contributed by atoms with Gasteiger partial charge in [0.15, 0.2) is 0 Å². The highest BCUT2D eigenvalue weighted by Crippen LogP contribution is 2.35. The molecule has 1 fully saturated rings. The van der Waals surface area contributed by atoms with E-state index in [1.807, 2.05) is 6.92 Å². The number of likely N-dealkylation sites (tertiary alicyclic amines) is 1. The first-order valence-corrected chi connectivity index (χ1v) is 8.12. The highest BCUT2D eigenvalue weighted by Gasteiger charge is 2.31. The Labute approximate surface area is 132 Å². The van der Waals surface area contributed by atoms with Gasteiger partial charge in [0.05, 0.1) is 19.1 Å². The maximum Gasteiger partial charge on any atom is 0.307 e. The van der Waals surface area contributed by atoms with Gasteiger partial charge in [-0.05, 0) is 31.6 Å². The van der Waals surface area contributed by atoms with Crippen molar-refractivity contribution in [1.29, 1.82) is 0 Å². The zero-order valence-corrected chi connectivity index (χ0v) is 13.9. The lowest BCUT2D eigenvalue weighted by Crippen LogP contribution is -2.39. The molecule has 0 saturated carbocycles. The molecule has 5 heteroatoms. The van der Waals surface area contributed by atoms with Crippen LogP contribution in [0.4, 0.5) is 4.39 Å². The molecule has 0 aromatic rings. The van der Waals surface area contributed by atoms with E-state index in [9.17, 15) is 14.3 Å². The fraction of sp³-hybridized carbons (Fsp3) is 0.765. The van der Waals surface area contributed by atoms with Crippen LogP contribution in [0.15, 0.2) is 16.3 Å². The average Bonchev–Trinajstić information content (AvgIpc) is 2.42. The number of carboxylic acid groups (broad SMARTS) is 1. The van der Waals surface area contributed by atoms with Gasteiger partial charge < -0.3 is 10.0 Å². The van der Waals surface area contributed by atoms with Crippen molar-refractivity contribution >= 4 is 11.7 Å². The molecule has 1 atom stereocenters. The molecule has 0 aromatic heterocycles. The minimum atomic E-state index is -0.830. The van der Waals surface area contributed by atoms with Crippen LogP contribution in [-0.2, 0) is 4.79 Å². The number of dihydropyridines is 1. The van der Waals surface area contributed by atoms with E-state index in [4.69, 9.17) is 0 Å². The van der Waals surface area contributed by atoms with Crippen LogP contribution in [0, 0.1) is 5.41 Å². The summed E-state index contributed by atoms with van der Waals surface area (Å²) in [5.41, 5.74) is 3.04. The highest BCUT2D eigenvalue weighted by atomic mass is 19.1. The van der Waals surface area contributed by atoms with E-state index in [0.717, 1.165) is 42.9 Å². The Morgan fingerprint density at radius 1 is 1.41 bits per heavy atom. The number of hydrogen-bond acceptors (Lipinski definition) is 3. The van der Waals surface area contributed by atoms with Crippen LogP contribution in [0.5, 0.6) is 0 Å². The number of carbonyl (C=O) groups is 1. The lowest BCUT2D eigenvalue weighted by atomic mass is 9.82. The summed E-state index contributed by atoms with van der Waals surface area (Å²) in [5, 5.41) is 9.18. The standard InChI is InChI=1S/C17H27FN2O2/c1-12-14(11-16(21)22)15(10-13(19-12)4-7-18)20-8-5-17(2,3)6-9-20/h13H,4-11H2,1-3H3,(H,21,22). The van der Waals surface area contributed by atoms with Crippen LogP contribution in [0.25, 0.3) is 0 Å². The molecule has 0 spiro atoms. The predicted molar refractivity (Wildman–Crippen MR) is 86.0 cm³/mol. The van der Waals surface area contributed by atoms with Gasteiger partial charge in [0.25, 0.3) is 0 Å². The van der Waals surface area contributed by atoms with Gasteiger partial charge >= 0.3 is 5.97 Å². The van der Waals surface area contributed by atoms with E-state index in [-0.39, 0.29) is 19.1 Å². The third-order valence-corrected chi connectivity index (χ3v) is 4.86. The number of nitrogens with zero attached hydrogens (tertiary/aromatic N) is 2. The van der Waals surface area contributed by atoms with Crippen molar-refractivity contribution in [3.05, 3.63) is 11.3 Å². The lowest BCUT2D eigenvalue weighted by molar-refractivity contribution is -0.136. The third-order valence-electron chi connectivity index (χ3n) is 4.86. The quantitative estimate of drug-likeness (QED) is 0.846. The van der Waals surface area contributed by atoms with Gasteiger partial charge in [-0.1, -0.05) is 13.8 Å². The summed E-state index contributed by atoms with van der Waals surface area (Å²) in [4.78, 5) is 18.0. The average molecular weight is 310 g/mol. The number of hydrogen-bond donors (Lipinski definition) is 1. The molecular formula is C17H27FN2O2. The van der Waals surface area contributed by atoms with E-state index < -0.39 is 5.97 Å². The summed E-state index contributed by atoms with van der Waals surface area (Å²) in [7, 11) is 0. The van der Waals surface area contributed by atoms with Crippen molar-refractivity contribution in [2.45, 2.75) is 58.9 Å². The number of halogens is 1. The molecule has 4 nitrogen and oxygen atoms in total. The Bertz CT molecular complexity index is 487. The molecule has 0 aromatic carbocycles. The molecular weight excluding hydrogens is 283 g/mol. The zero-order valence-electron chi connectivity index (χ0n) is 13.9. The number of rotatable bonds is 5. The second kappa shape index (κ2) is 6.80. The van der Waals surface area contributed by atoms with E-state index in [0.29, 0.717) is 18.3 Å². The summed E-state index contributed by atoms with van der Waals surface area (Å²) in [6.07, 6.45) is 3.29. The molecule has 2 aliphatic rings. The Kier molecular flexibility index (Phi) is 5.24. The van der Waals surface area contributed by atoms with Crippen molar-refractivity contribution in [1.82, 2.24) is 4.90 Å². The van der Waals surface area contributed by atoms with E-state index in [2.05, 4.69) is 23.7 Å². The van der Waals surface area contributed by atoms with Crippen molar-refractivity contribution < 1.29 is 14.3 Å². The third kappa shape index (κ3) is 4.08. The summed E-state index contributed by atoms with van der Waals surface area (Å²) in [5.74, 6) is -0.830. The SMILES string of the molecule is CC1=NC(CCF)CC(N2CCC(C)(C)CC2)=C1CC(=O)O. The van der Waals surface area contributed by atoms with Gasteiger partial charge in [-0.25, -0.2) is 0 Å². The monoisotopic (exact) mass is 310 g/mol. The molecule has 0 aliphatic carbocycles. The van der Waals surface area contributed by atoms with Gasteiger partial charge in [-0.15, -0.1) is 0 Å². The second-order valence-electron chi connectivity index (χ2n) is 7.20. The maximum atomic E-state index is 12.7. The molecule has 0 bridgehead atoms. The maximum absolute atomic E-state index is 12.7. The molecule has 0 radical (unpaired) electrons. The van der Waals surface area contributed by atoms with Crippen LogP contribution < -0.4 is 0 Å². The van der Waals surface area contributed by atoms with Crippen LogP contribution in [0.2, 0.25) is 0 Å². The number of piperidine rings is 1. The van der Waals surface area contributed by atoms with Gasteiger partial charge in [-0.2, -0.15) is 0 Å². The fourth-order valence-electron chi connectivity index (χ4n) is 3.33. The van der Waals surface area contributed by atoms with Gasteiger partial charge in [0, 0.05) is 36.5 Å². The van der Waals surface area contributed by atoms with Gasteiger partial charge in [0.1, 0.15) is 0 Å². The predicted octanol–water partition coefficient (Wildman–Crippen LogP) is 3.43. The molecule has 22 heavy (non-hydrogen) atoms. The fourth-order valence-corrected chi connectivity index (χ4v) is 3.33. The zero-order chi connectivity index (χ0) is 16.3. The van der Waals surface area contributed by atoms with Crippen molar-refractivity contribution in [3.8, 4) is 0 Å². The molecule has 1 unspecified atom stereocenters. The summed E-state index contributed by atoms with van der Waals surface area (Å²) in [6.45, 7) is 7.92. The van der Waals surface area contributed by atoms with Crippen LogP contribution in [0.1, 0.15) is 52.9 Å². The summed E-state index contributed by atoms with van der Waals surface area (Å²) < 4.78 is 12.7. The Balaban J connectivity index is 2.24.